The highest BCUT2D eigenvalue weighted by Gasteiger charge is 2.33. The van der Waals surface area contributed by atoms with Gasteiger partial charge >= 0.3 is 0 Å². The van der Waals surface area contributed by atoms with Crippen molar-refractivity contribution in [3.05, 3.63) is 77.4 Å². The van der Waals surface area contributed by atoms with Crippen LogP contribution < -0.4 is 0 Å². The van der Waals surface area contributed by atoms with Gasteiger partial charge in [0.1, 0.15) is 0 Å². The van der Waals surface area contributed by atoms with Crippen LogP contribution in [0.3, 0.4) is 0 Å². The van der Waals surface area contributed by atoms with Crippen LogP contribution in [0.4, 0.5) is 0 Å². The third-order valence-corrected chi connectivity index (χ3v) is 5.67. The SMILES string of the molecule is C=Cc1c(CC2C=CC=CC2(C#CC)C=CC)ccc(CC(C)C)c1C(C)(C)C. The summed E-state index contributed by atoms with van der Waals surface area (Å²) < 4.78 is 0. The van der Waals surface area contributed by atoms with Gasteiger partial charge in [0.25, 0.3) is 0 Å². The standard InChI is InChI=1S/C29H38/c1-9-17-29(18-10-2)19-13-12-14-25(29)21-23-15-16-24(20-22(4)5)27(26(23)11-3)28(6,7)8/h9,11-17,19,22,25H,3,20-21H2,1-2,4-8H3. The molecule has 1 aromatic carbocycles. The minimum Gasteiger partial charge on any atom is -0.105 e. The fraction of sp³-hybridized carbons (Fsp3) is 0.448. The van der Waals surface area contributed by atoms with Gasteiger partial charge in [-0.1, -0.05) is 102 Å². The van der Waals surface area contributed by atoms with E-state index in [0.717, 1.165) is 12.8 Å². The van der Waals surface area contributed by atoms with Crippen molar-refractivity contribution in [3.63, 3.8) is 0 Å². The van der Waals surface area contributed by atoms with E-state index in [1.54, 1.807) is 0 Å². The van der Waals surface area contributed by atoms with Crippen LogP contribution in [0.2, 0.25) is 0 Å². The Labute approximate surface area is 179 Å². The summed E-state index contributed by atoms with van der Waals surface area (Å²) in [5.41, 5.74) is 5.43. The van der Waals surface area contributed by atoms with Crippen molar-refractivity contribution in [1.29, 1.82) is 0 Å². The second-order valence-electron chi connectivity index (χ2n) is 9.59. The Morgan fingerprint density at radius 3 is 2.41 bits per heavy atom. The van der Waals surface area contributed by atoms with Crippen LogP contribution in [0.1, 0.15) is 70.7 Å². The maximum absolute atomic E-state index is 4.21. The molecule has 0 nitrogen and oxygen atoms in total. The number of hydrogen-bond acceptors (Lipinski definition) is 0. The Morgan fingerprint density at radius 1 is 1.17 bits per heavy atom. The van der Waals surface area contributed by atoms with Gasteiger partial charge in [0.15, 0.2) is 0 Å². The first-order valence-electron chi connectivity index (χ1n) is 10.9. The quantitative estimate of drug-likeness (QED) is 0.347. The molecule has 1 aromatic rings. The van der Waals surface area contributed by atoms with Gasteiger partial charge in [0.2, 0.25) is 0 Å². The molecule has 0 amide bonds. The van der Waals surface area contributed by atoms with Crippen molar-refractivity contribution in [2.24, 2.45) is 17.3 Å². The number of allylic oxidation sites excluding steroid dienone is 6. The molecule has 0 spiro atoms. The molecule has 0 aromatic heterocycles. The first-order valence-corrected chi connectivity index (χ1v) is 10.9. The molecule has 2 rings (SSSR count). The predicted molar refractivity (Wildman–Crippen MR) is 130 cm³/mol. The molecule has 29 heavy (non-hydrogen) atoms. The van der Waals surface area contributed by atoms with Gasteiger partial charge in [-0.15, -0.1) is 5.92 Å². The van der Waals surface area contributed by atoms with Crippen LogP contribution in [0, 0.1) is 29.1 Å². The lowest BCUT2D eigenvalue weighted by Gasteiger charge is -2.34. The lowest BCUT2D eigenvalue weighted by molar-refractivity contribution is 0.450. The predicted octanol–water partition coefficient (Wildman–Crippen LogP) is 7.70. The van der Waals surface area contributed by atoms with E-state index in [-0.39, 0.29) is 10.8 Å². The van der Waals surface area contributed by atoms with Crippen molar-refractivity contribution in [2.45, 2.75) is 66.7 Å². The van der Waals surface area contributed by atoms with Gasteiger partial charge in [-0.25, -0.2) is 0 Å². The molecular weight excluding hydrogens is 348 g/mol. The molecule has 2 atom stereocenters. The Hall–Kier alpha value is -2.26. The largest absolute Gasteiger partial charge is 0.105 e. The smallest absolute Gasteiger partial charge is 0.0742 e. The topological polar surface area (TPSA) is 0 Å². The van der Waals surface area contributed by atoms with Crippen molar-refractivity contribution in [1.82, 2.24) is 0 Å². The summed E-state index contributed by atoms with van der Waals surface area (Å²) >= 11 is 0. The van der Waals surface area contributed by atoms with Gasteiger partial charge < -0.3 is 0 Å². The van der Waals surface area contributed by atoms with Gasteiger partial charge in [-0.2, -0.15) is 0 Å². The molecule has 0 heteroatoms. The zero-order valence-corrected chi connectivity index (χ0v) is 19.5. The Bertz CT molecular complexity index is 871. The van der Waals surface area contributed by atoms with E-state index in [1.165, 1.54) is 22.3 Å². The molecule has 0 saturated heterocycles. The summed E-state index contributed by atoms with van der Waals surface area (Å²) in [6.07, 6.45) is 17.4. The Morgan fingerprint density at radius 2 is 1.86 bits per heavy atom. The lowest BCUT2D eigenvalue weighted by Crippen LogP contribution is -2.28. The van der Waals surface area contributed by atoms with Gasteiger partial charge in [-0.05, 0) is 60.3 Å². The average molecular weight is 387 g/mol. The summed E-state index contributed by atoms with van der Waals surface area (Å²) in [6, 6.07) is 4.68. The number of hydrogen-bond donors (Lipinski definition) is 0. The lowest BCUT2D eigenvalue weighted by atomic mass is 9.69. The molecule has 0 N–H and O–H groups in total. The highest BCUT2D eigenvalue weighted by atomic mass is 14.4. The van der Waals surface area contributed by atoms with E-state index in [9.17, 15) is 0 Å². The Balaban J connectivity index is 2.60. The molecule has 0 fully saturated rings. The summed E-state index contributed by atoms with van der Waals surface area (Å²) in [5, 5.41) is 0. The van der Waals surface area contributed by atoms with Crippen LogP contribution >= 0.6 is 0 Å². The highest BCUT2D eigenvalue weighted by Crippen LogP contribution is 2.40. The molecule has 1 aliphatic rings. The molecule has 0 radical (unpaired) electrons. The van der Waals surface area contributed by atoms with Crippen LogP contribution in [0.5, 0.6) is 0 Å². The van der Waals surface area contributed by atoms with E-state index < -0.39 is 0 Å². The average Bonchev–Trinajstić information content (AvgIpc) is 2.63. The summed E-state index contributed by atoms with van der Waals surface area (Å²) in [6.45, 7) is 19.8. The third-order valence-electron chi connectivity index (χ3n) is 5.67. The van der Waals surface area contributed by atoms with Gasteiger partial charge in [0.05, 0.1) is 5.41 Å². The zero-order chi connectivity index (χ0) is 21.7. The second-order valence-corrected chi connectivity index (χ2v) is 9.59. The molecule has 0 bridgehead atoms. The summed E-state index contributed by atoms with van der Waals surface area (Å²) in [5.74, 6) is 7.59. The third kappa shape index (κ3) is 5.22. The molecule has 0 saturated carbocycles. The molecular formula is C29H38. The molecule has 1 aliphatic carbocycles. The van der Waals surface area contributed by atoms with Crippen LogP contribution in [0.25, 0.3) is 6.08 Å². The van der Waals surface area contributed by atoms with Crippen molar-refractivity contribution >= 4 is 6.08 Å². The highest BCUT2D eigenvalue weighted by molar-refractivity contribution is 5.61. The fourth-order valence-corrected chi connectivity index (χ4v) is 4.63. The maximum Gasteiger partial charge on any atom is 0.0742 e. The molecule has 0 heterocycles. The first-order chi connectivity index (χ1) is 13.7. The van der Waals surface area contributed by atoms with E-state index in [0.29, 0.717) is 11.8 Å². The van der Waals surface area contributed by atoms with Crippen LogP contribution in [0.15, 0.2) is 55.2 Å². The number of benzene rings is 1. The normalized spacial score (nSPS) is 21.4. The number of rotatable bonds is 6. The monoisotopic (exact) mass is 386 g/mol. The Kier molecular flexibility index (Phi) is 7.54. The molecule has 154 valence electrons. The summed E-state index contributed by atoms with van der Waals surface area (Å²) in [7, 11) is 0. The maximum atomic E-state index is 4.21. The molecule has 2 unspecified atom stereocenters. The van der Waals surface area contributed by atoms with E-state index >= 15 is 0 Å². The minimum atomic E-state index is -0.241. The van der Waals surface area contributed by atoms with Gasteiger partial charge in [0, 0.05) is 5.92 Å². The van der Waals surface area contributed by atoms with Gasteiger partial charge in [-0.3, -0.25) is 0 Å². The van der Waals surface area contributed by atoms with Crippen molar-refractivity contribution < 1.29 is 0 Å². The van der Waals surface area contributed by atoms with Crippen LogP contribution in [-0.4, -0.2) is 0 Å². The first kappa shape index (κ1) is 23.0. The van der Waals surface area contributed by atoms with Crippen molar-refractivity contribution in [3.8, 4) is 11.8 Å². The minimum absolute atomic E-state index is 0.0791. The van der Waals surface area contributed by atoms with E-state index in [2.05, 4.69) is 115 Å². The van der Waals surface area contributed by atoms with E-state index in [1.807, 2.05) is 6.92 Å². The second kappa shape index (κ2) is 9.49. The van der Waals surface area contributed by atoms with E-state index in [4.69, 9.17) is 0 Å². The summed E-state index contributed by atoms with van der Waals surface area (Å²) in [4.78, 5) is 0. The van der Waals surface area contributed by atoms with Crippen molar-refractivity contribution in [2.75, 3.05) is 0 Å². The fourth-order valence-electron chi connectivity index (χ4n) is 4.63. The van der Waals surface area contributed by atoms with Crippen LogP contribution in [-0.2, 0) is 18.3 Å². The zero-order valence-electron chi connectivity index (χ0n) is 19.5. The molecule has 0 aliphatic heterocycles.